The quantitative estimate of drug-likeness (QED) is 0.886. The summed E-state index contributed by atoms with van der Waals surface area (Å²) >= 11 is 0. The molecule has 1 aliphatic rings. The van der Waals surface area contributed by atoms with Gasteiger partial charge >= 0.3 is 0 Å². The maximum absolute atomic E-state index is 14.2. The number of hydrogen-bond acceptors (Lipinski definition) is 2. The smallest absolute Gasteiger partial charge is 0.152 e. The molecule has 0 saturated carbocycles. The van der Waals surface area contributed by atoms with Crippen LogP contribution in [0.3, 0.4) is 0 Å². The molecule has 0 spiro atoms. The van der Waals surface area contributed by atoms with E-state index in [-0.39, 0.29) is 17.8 Å². The van der Waals surface area contributed by atoms with Crippen molar-refractivity contribution in [1.82, 2.24) is 5.32 Å². The molecule has 0 aromatic heterocycles. The lowest BCUT2D eigenvalue weighted by Crippen LogP contribution is -2.57. The molecular formula is C15H22F2N2. The van der Waals surface area contributed by atoms with Crippen molar-refractivity contribution in [3.05, 3.63) is 29.3 Å². The van der Waals surface area contributed by atoms with Gasteiger partial charge in [-0.25, -0.2) is 8.78 Å². The maximum Gasteiger partial charge on any atom is 0.152 e. The fourth-order valence-corrected chi connectivity index (χ4v) is 2.55. The van der Waals surface area contributed by atoms with E-state index in [2.05, 4.69) is 19.2 Å². The van der Waals surface area contributed by atoms with E-state index in [1.54, 1.807) is 6.92 Å². The van der Waals surface area contributed by atoms with Gasteiger partial charge in [-0.3, -0.25) is 0 Å². The topological polar surface area (TPSA) is 15.3 Å². The standard InChI is InChI=1S/C15H22F2N2/c1-9(2)13-8-19(11(4)7-18-13)15-12(16)6-5-10(3)14(15)17/h5-6,9,11,13,18H,7-8H2,1-4H3. The van der Waals surface area contributed by atoms with Crippen molar-refractivity contribution >= 4 is 5.69 Å². The zero-order valence-electron chi connectivity index (χ0n) is 12.0. The Labute approximate surface area is 113 Å². The average molecular weight is 268 g/mol. The SMILES string of the molecule is Cc1ccc(F)c(N2CC(C(C)C)NCC2C)c1F. The summed E-state index contributed by atoms with van der Waals surface area (Å²) in [5.74, 6) is -0.471. The van der Waals surface area contributed by atoms with Gasteiger partial charge in [-0.15, -0.1) is 0 Å². The average Bonchev–Trinajstić information content (AvgIpc) is 2.36. The first-order valence-corrected chi connectivity index (χ1v) is 6.86. The van der Waals surface area contributed by atoms with Crippen molar-refractivity contribution in [2.45, 2.75) is 39.8 Å². The van der Waals surface area contributed by atoms with Crippen LogP contribution in [0.1, 0.15) is 26.3 Å². The van der Waals surface area contributed by atoms with E-state index in [4.69, 9.17) is 0 Å². The molecule has 1 saturated heterocycles. The molecule has 19 heavy (non-hydrogen) atoms. The van der Waals surface area contributed by atoms with E-state index < -0.39 is 11.6 Å². The lowest BCUT2D eigenvalue weighted by Gasteiger charge is -2.42. The van der Waals surface area contributed by atoms with Crippen molar-refractivity contribution in [3.63, 3.8) is 0 Å². The fourth-order valence-electron chi connectivity index (χ4n) is 2.55. The van der Waals surface area contributed by atoms with Gasteiger partial charge in [0.2, 0.25) is 0 Å². The Morgan fingerprint density at radius 3 is 2.63 bits per heavy atom. The Bertz CT molecular complexity index is 460. The summed E-state index contributed by atoms with van der Waals surface area (Å²) in [6.07, 6.45) is 0. The molecule has 2 rings (SSSR count). The molecule has 1 aromatic rings. The van der Waals surface area contributed by atoms with E-state index in [1.807, 2.05) is 11.8 Å². The highest BCUT2D eigenvalue weighted by molar-refractivity contribution is 5.53. The number of anilines is 1. The largest absolute Gasteiger partial charge is 0.361 e. The van der Waals surface area contributed by atoms with Gasteiger partial charge < -0.3 is 10.2 Å². The highest BCUT2D eigenvalue weighted by atomic mass is 19.1. The summed E-state index contributed by atoms with van der Waals surface area (Å²) in [4.78, 5) is 1.86. The number of piperazine rings is 1. The summed E-state index contributed by atoms with van der Waals surface area (Å²) in [5.41, 5.74) is 0.614. The molecular weight excluding hydrogens is 246 g/mol. The first-order chi connectivity index (χ1) is 8.91. The zero-order chi connectivity index (χ0) is 14.2. The highest BCUT2D eigenvalue weighted by Gasteiger charge is 2.30. The van der Waals surface area contributed by atoms with Crippen molar-refractivity contribution in [1.29, 1.82) is 0 Å². The second-order valence-corrected chi connectivity index (χ2v) is 5.79. The highest BCUT2D eigenvalue weighted by Crippen LogP contribution is 2.29. The van der Waals surface area contributed by atoms with Gasteiger partial charge in [-0.1, -0.05) is 19.9 Å². The third-order valence-corrected chi connectivity index (χ3v) is 3.95. The van der Waals surface area contributed by atoms with Gasteiger partial charge in [0.15, 0.2) is 5.82 Å². The Balaban J connectivity index is 2.36. The van der Waals surface area contributed by atoms with Crippen LogP contribution < -0.4 is 10.2 Å². The van der Waals surface area contributed by atoms with E-state index in [0.717, 1.165) is 6.54 Å². The predicted molar refractivity (Wildman–Crippen MR) is 74.5 cm³/mol. The maximum atomic E-state index is 14.2. The molecule has 2 nitrogen and oxygen atoms in total. The monoisotopic (exact) mass is 268 g/mol. The number of halogens is 2. The summed E-state index contributed by atoms with van der Waals surface area (Å²) in [7, 11) is 0. The first kappa shape index (κ1) is 14.3. The Morgan fingerprint density at radius 2 is 2.00 bits per heavy atom. The number of hydrogen-bond donors (Lipinski definition) is 1. The Morgan fingerprint density at radius 1 is 1.32 bits per heavy atom. The van der Waals surface area contributed by atoms with Crippen LogP contribution in [0, 0.1) is 24.5 Å². The van der Waals surface area contributed by atoms with Crippen LogP contribution in [0.2, 0.25) is 0 Å². The third kappa shape index (κ3) is 2.73. The van der Waals surface area contributed by atoms with Crippen LogP contribution in [-0.4, -0.2) is 25.2 Å². The van der Waals surface area contributed by atoms with Gasteiger partial charge in [0, 0.05) is 25.2 Å². The van der Waals surface area contributed by atoms with E-state index >= 15 is 0 Å². The van der Waals surface area contributed by atoms with Crippen LogP contribution in [0.25, 0.3) is 0 Å². The van der Waals surface area contributed by atoms with Crippen LogP contribution >= 0.6 is 0 Å². The molecule has 4 heteroatoms. The van der Waals surface area contributed by atoms with Crippen LogP contribution in [0.5, 0.6) is 0 Å². The van der Waals surface area contributed by atoms with E-state index in [0.29, 0.717) is 18.0 Å². The summed E-state index contributed by atoms with van der Waals surface area (Å²) in [5, 5.41) is 3.44. The minimum absolute atomic E-state index is 0.0841. The molecule has 1 aliphatic heterocycles. The fraction of sp³-hybridized carbons (Fsp3) is 0.600. The molecule has 0 aliphatic carbocycles. The second kappa shape index (κ2) is 5.45. The van der Waals surface area contributed by atoms with Gasteiger partial charge in [-0.05, 0) is 31.4 Å². The zero-order valence-corrected chi connectivity index (χ0v) is 12.0. The normalized spacial score (nSPS) is 24.1. The molecule has 1 heterocycles. The molecule has 0 radical (unpaired) electrons. The number of aryl methyl sites for hydroxylation is 1. The van der Waals surface area contributed by atoms with Gasteiger partial charge in [-0.2, -0.15) is 0 Å². The Hall–Kier alpha value is -1.16. The summed E-state index contributed by atoms with van der Waals surface area (Å²) in [6, 6.07) is 3.18. The van der Waals surface area contributed by atoms with Crippen LogP contribution in [0.15, 0.2) is 12.1 Å². The molecule has 0 amide bonds. The molecule has 2 unspecified atom stereocenters. The van der Waals surface area contributed by atoms with Crippen LogP contribution in [0.4, 0.5) is 14.5 Å². The second-order valence-electron chi connectivity index (χ2n) is 5.79. The minimum atomic E-state index is -0.473. The molecule has 1 fully saturated rings. The van der Waals surface area contributed by atoms with Crippen molar-refractivity contribution in [3.8, 4) is 0 Å². The van der Waals surface area contributed by atoms with Gasteiger partial charge in [0.05, 0.1) is 0 Å². The van der Waals surface area contributed by atoms with E-state index in [1.165, 1.54) is 12.1 Å². The minimum Gasteiger partial charge on any atom is -0.361 e. The predicted octanol–water partition coefficient (Wildman–Crippen LogP) is 3.10. The van der Waals surface area contributed by atoms with Crippen LogP contribution in [-0.2, 0) is 0 Å². The van der Waals surface area contributed by atoms with E-state index in [9.17, 15) is 8.78 Å². The lowest BCUT2D eigenvalue weighted by molar-refractivity contribution is 0.332. The van der Waals surface area contributed by atoms with Crippen molar-refractivity contribution < 1.29 is 8.78 Å². The number of rotatable bonds is 2. The summed E-state index contributed by atoms with van der Waals surface area (Å²) < 4.78 is 28.3. The number of nitrogens with one attached hydrogen (secondary N) is 1. The Kier molecular flexibility index (Phi) is 4.09. The molecule has 1 N–H and O–H groups in total. The molecule has 1 aromatic carbocycles. The van der Waals surface area contributed by atoms with Gasteiger partial charge in [0.25, 0.3) is 0 Å². The molecule has 106 valence electrons. The molecule has 0 bridgehead atoms. The lowest BCUT2D eigenvalue weighted by atomic mass is 9.98. The number of benzene rings is 1. The van der Waals surface area contributed by atoms with Gasteiger partial charge in [0.1, 0.15) is 11.5 Å². The van der Waals surface area contributed by atoms with Crippen molar-refractivity contribution in [2.75, 3.05) is 18.0 Å². The van der Waals surface area contributed by atoms with Crippen molar-refractivity contribution in [2.24, 2.45) is 5.92 Å². The molecule has 2 atom stereocenters. The summed E-state index contributed by atoms with van der Waals surface area (Å²) in [6.45, 7) is 9.28. The third-order valence-electron chi connectivity index (χ3n) is 3.95. The first-order valence-electron chi connectivity index (χ1n) is 6.86. The number of nitrogens with zero attached hydrogens (tertiary/aromatic N) is 1.